The molecule has 0 saturated heterocycles. The fourth-order valence-corrected chi connectivity index (χ4v) is 1.66. The molecule has 0 radical (unpaired) electrons. The second-order valence-corrected chi connectivity index (χ2v) is 3.58. The molecule has 0 aliphatic heterocycles. The molecule has 0 amide bonds. The molecule has 1 aromatic heterocycles. The first-order chi connectivity index (χ1) is 6.92. The van der Waals surface area contributed by atoms with Gasteiger partial charge in [0.05, 0.1) is 13.0 Å². The van der Waals surface area contributed by atoms with Crippen molar-refractivity contribution < 1.29 is 22.7 Å². The Hall–Kier alpha value is -1.11. The van der Waals surface area contributed by atoms with Crippen LogP contribution in [0.2, 0.25) is 0 Å². The number of carbonyl (C=O) groups is 1. The Labute approximate surface area is 87.9 Å². The zero-order valence-corrected chi connectivity index (χ0v) is 8.61. The Morgan fingerprint density at radius 1 is 1.60 bits per heavy atom. The Morgan fingerprint density at radius 2 is 2.27 bits per heavy atom. The minimum atomic E-state index is -4.30. The zero-order valence-electron chi connectivity index (χ0n) is 7.80. The number of halogens is 3. The van der Waals surface area contributed by atoms with Crippen LogP contribution < -0.4 is 0 Å². The first kappa shape index (κ1) is 12.0. The van der Waals surface area contributed by atoms with Gasteiger partial charge in [0.15, 0.2) is 5.69 Å². The van der Waals surface area contributed by atoms with Crippen LogP contribution in [0.5, 0.6) is 0 Å². The highest BCUT2D eigenvalue weighted by molar-refractivity contribution is 7.09. The number of alkyl halides is 3. The fourth-order valence-electron chi connectivity index (χ4n) is 0.862. The van der Waals surface area contributed by atoms with Gasteiger partial charge >= 0.3 is 12.1 Å². The van der Waals surface area contributed by atoms with E-state index in [0.29, 0.717) is 0 Å². The number of hydrogen-bond donors (Lipinski definition) is 0. The average Bonchev–Trinajstić information content (AvgIpc) is 2.50. The lowest BCUT2D eigenvalue weighted by Gasteiger charge is -2.01. The van der Waals surface area contributed by atoms with Crippen molar-refractivity contribution in [3.8, 4) is 0 Å². The quantitative estimate of drug-likeness (QED) is 0.760. The third kappa shape index (κ3) is 3.86. The number of carbonyl (C=O) groups excluding carboxylic acids is 1. The van der Waals surface area contributed by atoms with Crippen molar-refractivity contribution >= 4 is 17.3 Å². The van der Waals surface area contributed by atoms with Gasteiger partial charge in [0.1, 0.15) is 5.01 Å². The van der Waals surface area contributed by atoms with Crippen LogP contribution in [-0.2, 0) is 11.2 Å². The van der Waals surface area contributed by atoms with Crippen molar-refractivity contribution in [1.82, 2.24) is 4.98 Å². The van der Waals surface area contributed by atoms with Gasteiger partial charge in [0.25, 0.3) is 0 Å². The highest BCUT2D eigenvalue weighted by Gasteiger charge is 2.29. The van der Waals surface area contributed by atoms with E-state index in [4.69, 9.17) is 0 Å². The van der Waals surface area contributed by atoms with E-state index in [9.17, 15) is 18.0 Å². The topological polar surface area (TPSA) is 39.2 Å². The summed E-state index contributed by atoms with van der Waals surface area (Å²) in [6.07, 6.45) is -5.42. The molecule has 84 valence electrons. The third-order valence-corrected chi connectivity index (χ3v) is 2.24. The molecule has 0 spiro atoms. The highest BCUT2D eigenvalue weighted by atomic mass is 32.1. The molecular weight excluding hydrogens is 231 g/mol. The van der Waals surface area contributed by atoms with Gasteiger partial charge in [-0.25, -0.2) is 9.78 Å². The van der Waals surface area contributed by atoms with E-state index >= 15 is 0 Å². The normalized spacial score (nSPS) is 11.5. The molecule has 3 nitrogen and oxygen atoms in total. The summed E-state index contributed by atoms with van der Waals surface area (Å²) in [7, 11) is 0. The molecule has 0 aliphatic rings. The molecular formula is C8H8F3NO2S. The van der Waals surface area contributed by atoms with E-state index in [2.05, 4.69) is 9.72 Å². The minimum absolute atomic E-state index is 0.0684. The predicted molar refractivity (Wildman–Crippen MR) is 47.8 cm³/mol. The lowest BCUT2D eigenvalue weighted by Crippen LogP contribution is -2.12. The number of ether oxygens (including phenoxy) is 1. The number of aromatic nitrogens is 1. The van der Waals surface area contributed by atoms with E-state index in [1.165, 1.54) is 5.38 Å². The predicted octanol–water partition coefficient (Wildman–Crippen LogP) is 2.42. The van der Waals surface area contributed by atoms with E-state index < -0.39 is 18.6 Å². The fraction of sp³-hybridized carbons (Fsp3) is 0.500. The molecule has 1 heterocycles. The maximum atomic E-state index is 12.0. The van der Waals surface area contributed by atoms with Gasteiger partial charge in [-0.05, 0) is 6.92 Å². The van der Waals surface area contributed by atoms with Crippen LogP contribution >= 0.6 is 11.3 Å². The van der Waals surface area contributed by atoms with Crippen molar-refractivity contribution in [2.75, 3.05) is 6.61 Å². The molecule has 0 fully saturated rings. The summed E-state index contributed by atoms with van der Waals surface area (Å²) < 4.78 is 40.4. The summed E-state index contributed by atoms with van der Waals surface area (Å²) >= 11 is 0.799. The van der Waals surface area contributed by atoms with Crippen molar-refractivity contribution in [2.45, 2.75) is 19.5 Å². The summed E-state index contributed by atoms with van der Waals surface area (Å²) in [6, 6.07) is 0. The van der Waals surface area contributed by atoms with Crippen LogP contribution in [0.1, 0.15) is 22.4 Å². The van der Waals surface area contributed by atoms with Crippen LogP contribution in [-0.4, -0.2) is 23.7 Å². The number of nitrogens with zero attached hydrogens (tertiary/aromatic N) is 1. The Bertz CT molecular complexity index is 348. The monoisotopic (exact) mass is 239 g/mol. The number of hydrogen-bond acceptors (Lipinski definition) is 4. The van der Waals surface area contributed by atoms with E-state index in [1.54, 1.807) is 6.92 Å². The third-order valence-electron chi connectivity index (χ3n) is 1.39. The molecule has 0 aromatic carbocycles. The summed E-state index contributed by atoms with van der Waals surface area (Å²) in [4.78, 5) is 14.6. The van der Waals surface area contributed by atoms with Gasteiger partial charge in [0.2, 0.25) is 0 Å². The van der Waals surface area contributed by atoms with Gasteiger partial charge in [0, 0.05) is 5.38 Å². The Balaban J connectivity index is 2.68. The number of esters is 1. The molecule has 0 unspecified atom stereocenters. The van der Waals surface area contributed by atoms with Crippen molar-refractivity contribution in [3.05, 3.63) is 16.1 Å². The van der Waals surface area contributed by atoms with E-state index in [-0.39, 0.29) is 17.3 Å². The van der Waals surface area contributed by atoms with Crippen molar-refractivity contribution in [1.29, 1.82) is 0 Å². The minimum Gasteiger partial charge on any atom is -0.461 e. The molecule has 0 saturated carbocycles. The van der Waals surface area contributed by atoms with Gasteiger partial charge < -0.3 is 4.74 Å². The van der Waals surface area contributed by atoms with Crippen molar-refractivity contribution in [2.24, 2.45) is 0 Å². The Kier molecular flexibility index (Phi) is 3.67. The van der Waals surface area contributed by atoms with E-state index in [0.717, 1.165) is 11.3 Å². The lowest BCUT2D eigenvalue weighted by atomic mass is 10.4. The summed E-state index contributed by atoms with van der Waals surface area (Å²) in [5.41, 5.74) is -0.0684. The van der Waals surface area contributed by atoms with Crippen molar-refractivity contribution in [3.63, 3.8) is 0 Å². The van der Waals surface area contributed by atoms with Gasteiger partial charge in [-0.15, -0.1) is 11.3 Å². The van der Waals surface area contributed by atoms with E-state index in [1.807, 2.05) is 0 Å². The Morgan fingerprint density at radius 3 is 2.80 bits per heavy atom. The SMILES string of the molecule is CCOC(=O)c1csc(CC(F)(F)F)n1. The van der Waals surface area contributed by atoms with Crippen LogP contribution in [0.3, 0.4) is 0 Å². The standard InChI is InChI=1S/C8H8F3NO2S/c1-2-14-7(13)5-4-15-6(12-5)3-8(9,10)11/h4H,2-3H2,1H3. The molecule has 7 heteroatoms. The van der Waals surface area contributed by atoms with Gasteiger partial charge in [-0.1, -0.05) is 0 Å². The summed E-state index contributed by atoms with van der Waals surface area (Å²) in [5, 5.41) is 1.13. The molecule has 1 aromatic rings. The number of rotatable bonds is 3. The second-order valence-electron chi connectivity index (χ2n) is 2.64. The van der Waals surface area contributed by atoms with Crippen LogP contribution in [0, 0.1) is 0 Å². The second kappa shape index (κ2) is 4.61. The van der Waals surface area contributed by atoms with Gasteiger partial charge in [-0.2, -0.15) is 13.2 Å². The first-order valence-corrected chi connectivity index (χ1v) is 4.98. The smallest absolute Gasteiger partial charge is 0.395 e. The molecule has 1 rings (SSSR count). The maximum absolute atomic E-state index is 12.0. The molecule has 0 bridgehead atoms. The maximum Gasteiger partial charge on any atom is 0.395 e. The number of thiazole rings is 1. The molecule has 0 N–H and O–H groups in total. The van der Waals surface area contributed by atoms with Crippen LogP contribution in [0.25, 0.3) is 0 Å². The largest absolute Gasteiger partial charge is 0.461 e. The van der Waals surface area contributed by atoms with Crippen LogP contribution in [0.4, 0.5) is 13.2 Å². The first-order valence-electron chi connectivity index (χ1n) is 4.10. The zero-order chi connectivity index (χ0) is 11.5. The molecule has 15 heavy (non-hydrogen) atoms. The average molecular weight is 239 g/mol. The summed E-state index contributed by atoms with van der Waals surface area (Å²) in [5.74, 6) is -0.692. The highest BCUT2D eigenvalue weighted by Crippen LogP contribution is 2.23. The van der Waals surface area contributed by atoms with Crippen LogP contribution in [0.15, 0.2) is 5.38 Å². The van der Waals surface area contributed by atoms with Gasteiger partial charge in [-0.3, -0.25) is 0 Å². The lowest BCUT2D eigenvalue weighted by molar-refractivity contribution is -0.127. The molecule has 0 atom stereocenters. The molecule has 0 aliphatic carbocycles. The summed E-state index contributed by atoms with van der Waals surface area (Å²) in [6.45, 7) is 1.78.